The lowest BCUT2D eigenvalue weighted by Crippen LogP contribution is -2.41. The first-order chi connectivity index (χ1) is 8.80. The monoisotopic (exact) mass is 277 g/mol. The van der Waals surface area contributed by atoms with Crippen LogP contribution in [0.3, 0.4) is 0 Å². The van der Waals surface area contributed by atoms with Crippen LogP contribution in [0.15, 0.2) is 0 Å². The molecule has 1 aliphatic rings. The van der Waals surface area contributed by atoms with E-state index in [1.165, 1.54) is 0 Å². The fourth-order valence-electron chi connectivity index (χ4n) is 2.41. The number of nitrogens with two attached hydrogens (primary N) is 1. The van der Waals surface area contributed by atoms with E-state index in [0.717, 1.165) is 13.0 Å². The highest BCUT2D eigenvalue weighted by Gasteiger charge is 2.40. The minimum Gasteiger partial charge on any atom is -0.313 e. The maximum atomic E-state index is 12.5. The zero-order valence-electron chi connectivity index (χ0n) is 11.3. The van der Waals surface area contributed by atoms with Crippen molar-refractivity contribution in [2.24, 2.45) is 11.7 Å². The van der Waals surface area contributed by atoms with Crippen molar-refractivity contribution in [2.75, 3.05) is 19.6 Å². The minimum atomic E-state index is -4.05. The normalized spacial score (nSPS) is 21.9. The molecule has 1 aliphatic heterocycles. The van der Waals surface area contributed by atoms with Gasteiger partial charge >= 0.3 is 6.18 Å². The van der Waals surface area contributed by atoms with Crippen molar-refractivity contribution in [1.29, 1.82) is 5.26 Å². The smallest absolute Gasteiger partial charge is 0.313 e. The molecule has 6 heteroatoms. The predicted molar refractivity (Wildman–Crippen MR) is 67.3 cm³/mol. The van der Waals surface area contributed by atoms with Crippen LogP contribution in [-0.2, 0) is 0 Å². The summed E-state index contributed by atoms with van der Waals surface area (Å²) in [6.07, 6.45) is -1.73. The van der Waals surface area contributed by atoms with E-state index in [9.17, 15) is 13.2 Å². The Balaban J connectivity index is 2.26. The van der Waals surface area contributed by atoms with E-state index in [1.807, 2.05) is 11.8 Å². The number of nitrogens with zero attached hydrogens (tertiary/aromatic N) is 2. The molecule has 0 aliphatic carbocycles. The quantitative estimate of drug-likeness (QED) is 0.840. The van der Waals surface area contributed by atoms with Crippen molar-refractivity contribution in [3.8, 4) is 6.07 Å². The van der Waals surface area contributed by atoms with E-state index in [1.54, 1.807) is 0 Å². The molecule has 0 saturated carbocycles. The summed E-state index contributed by atoms with van der Waals surface area (Å²) >= 11 is 0. The van der Waals surface area contributed by atoms with E-state index < -0.39 is 17.6 Å². The highest BCUT2D eigenvalue weighted by atomic mass is 19.4. The Morgan fingerprint density at radius 2 is 1.89 bits per heavy atom. The van der Waals surface area contributed by atoms with Gasteiger partial charge < -0.3 is 10.6 Å². The van der Waals surface area contributed by atoms with Crippen LogP contribution in [0, 0.1) is 17.2 Å². The van der Waals surface area contributed by atoms with Crippen LogP contribution < -0.4 is 5.73 Å². The second-order valence-electron chi connectivity index (χ2n) is 5.38. The zero-order chi connectivity index (χ0) is 14.5. The molecule has 0 spiro atoms. The van der Waals surface area contributed by atoms with E-state index in [4.69, 9.17) is 11.0 Å². The first-order valence-electron chi connectivity index (χ1n) is 6.80. The van der Waals surface area contributed by atoms with Crippen molar-refractivity contribution in [3.05, 3.63) is 0 Å². The lowest BCUT2D eigenvalue weighted by Gasteiger charge is -2.33. The third kappa shape index (κ3) is 5.00. The lowest BCUT2D eigenvalue weighted by molar-refractivity contribution is -0.185. The fraction of sp³-hybridized carbons (Fsp3) is 0.923. The zero-order valence-corrected chi connectivity index (χ0v) is 11.3. The first kappa shape index (κ1) is 16.3. The number of hydrogen-bond acceptors (Lipinski definition) is 3. The molecule has 0 aromatic rings. The average molecular weight is 277 g/mol. The maximum absolute atomic E-state index is 12.5. The summed E-state index contributed by atoms with van der Waals surface area (Å²) in [6.45, 7) is 3.57. The molecule has 0 aromatic carbocycles. The lowest BCUT2D eigenvalue weighted by atomic mass is 9.92. The molecule has 0 aromatic heterocycles. The van der Waals surface area contributed by atoms with Crippen LogP contribution in [-0.4, -0.2) is 36.2 Å². The van der Waals surface area contributed by atoms with Gasteiger partial charge in [-0.1, -0.05) is 6.92 Å². The molecule has 1 atom stereocenters. The molecule has 0 radical (unpaired) electrons. The summed E-state index contributed by atoms with van der Waals surface area (Å²) in [6, 6.07) is 2.10. The van der Waals surface area contributed by atoms with Gasteiger partial charge in [0.15, 0.2) is 0 Å². The van der Waals surface area contributed by atoms with Gasteiger partial charge in [0.25, 0.3) is 0 Å². The number of halogens is 3. The van der Waals surface area contributed by atoms with E-state index in [0.29, 0.717) is 25.9 Å². The minimum absolute atomic E-state index is 0.184. The molecule has 1 heterocycles. The summed E-state index contributed by atoms with van der Waals surface area (Å²) < 4.78 is 37.5. The third-order valence-electron chi connectivity index (χ3n) is 4.00. The van der Waals surface area contributed by atoms with Gasteiger partial charge in [0, 0.05) is 0 Å². The van der Waals surface area contributed by atoms with Gasteiger partial charge in [-0.2, -0.15) is 18.4 Å². The molecule has 110 valence electrons. The van der Waals surface area contributed by atoms with Crippen LogP contribution >= 0.6 is 0 Å². The van der Waals surface area contributed by atoms with Gasteiger partial charge in [-0.15, -0.1) is 0 Å². The molecule has 19 heavy (non-hydrogen) atoms. The summed E-state index contributed by atoms with van der Waals surface area (Å²) in [7, 11) is 0. The number of rotatable bonds is 5. The van der Waals surface area contributed by atoms with Crippen molar-refractivity contribution in [1.82, 2.24) is 4.90 Å². The van der Waals surface area contributed by atoms with Crippen molar-refractivity contribution >= 4 is 0 Å². The molecular formula is C13H22F3N3. The summed E-state index contributed by atoms with van der Waals surface area (Å²) in [4.78, 5) is 2.04. The van der Waals surface area contributed by atoms with Crippen molar-refractivity contribution in [3.63, 3.8) is 0 Å². The Morgan fingerprint density at radius 3 is 2.32 bits per heavy atom. The number of likely N-dealkylation sites (tertiary alicyclic amines) is 1. The summed E-state index contributed by atoms with van der Waals surface area (Å²) in [5, 5.41) is 8.93. The molecular weight excluding hydrogens is 255 g/mol. The van der Waals surface area contributed by atoms with E-state index in [-0.39, 0.29) is 12.8 Å². The SMILES string of the molecule is CCC(N)(C#N)CCCN1CCC(C(F)(F)F)CC1. The van der Waals surface area contributed by atoms with Crippen molar-refractivity contribution in [2.45, 2.75) is 50.7 Å². The Morgan fingerprint density at radius 1 is 1.32 bits per heavy atom. The Hall–Kier alpha value is -0.800. The Bertz CT molecular complexity index is 316. The van der Waals surface area contributed by atoms with Crippen molar-refractivity contribution < 1.29 is 13.2 Å². The average Bonchev–Trinajstić information content (AvgIpc) is 2.38. The van der Waals surface area contributed by atoms with Gasteiger partial charge in [-0.05, 0) is 51.7 Å². The Labute approximate surface area is 112 Å². The molecule has 1 fully saturated rings. The topological polar surface area (TPSA) is 53.1 Å². The van der Waals surface area contributed by atoms with E-state index in [2.05, 4.69) is 6.07 Å². The first-order valence-corrected chi connectivity index (χ1v) is 6.80. The van der Waals surface area contributed by atoms with E-state index >= 15 is 0 Å². The third-order valence-corrected chi connectivity index (χ3v) is 4.00. The molecule has 2 N–H and O–H groups in total. The molecule has 3 nitrogen and oxygen atoms in total. The molecule has 1 unspecified atom stereocenters. The van der Waals surface area contributed by atoms with Crippen LogP contribution in [0.2, 0.25) is 0 Å². The van der Waals surface area contributed by atoms with Gasteiger partial charge in [0.2, 0.25) is 0 Å². The van der Waals surface area contributed by atoms with Crippen LogP contribution in [0.4, 0.5) is 13.2 Å². The van der Waals surface area contributed by atoms with Gasteiger partial charge in [-0.25, -0.2) is 0 Å². The van der Waals surface area contributed by atoms with Crippen LogP contribution in [0.25, 0.3) is 0 Å². The molecule has 0 amide bonds. The highest BCUT2D eigenvalue weighted by molar-refractivity contribution is 5.03. The van der Waals surface area contributed by atoms with Crippen LogP contribution in [0.1, 0.15) is 39.0 Å². The second kappa shape index (κ2) is 6.58. The van der Waals surface area contributed by atoms with Crippen LogP contribution in [0.5, 0.6) is 0 Å². The highest BCUT2D eigenvalue weighted by Crippen LogP contribution is 2.34. The Kier molecular flexibility index (Phi) is 5.63. The summed E-state index contributed by atoms with van der Waals surface area (Å²) in [5.41, 5.74) is 5.08. The summed E-state index contributed by atoms with van der Waals surface area (Å²) in [5.74, 6) is -1.15. The van der Waals surface area contributed by atoms with Gasteiger partial charge in [-0.3, -0.25) is 0 Å². The largest absolute Gasteiger partial charge is 0.391 e. The number of hydrogen-bond donors (Lipinski definition) is 1. The molecule has 1 rings (SSSR count). The standard InChI is InChI=1S/C13H22F3N3/c1-2-12(18,10-17)6-3-7-19-8-4-11(5-9-19)13(14,15)16/h11H,2-9,18H2,1H3. The number of piperidine rings is 1. The number of alkyl halides is 3. The van der Waals surface area contributed by atoms with Gasteiger partial charge in [0.1, 0.15) is 5.54 Å². The fourth-order valence-corrected chi connectivity index (χ4v) is 2.41. The van der Waals surface area contributed by atoms with Gasteiger partial charge in [0.05, 0.1) is 12.0 Å². The molecule has 1 saturated heterocycles. The predicted octanol–water partition coefficient (Wildman–Crippen LogP) is 2.67. The number of nitriles is 1. The molecule has 0 bridgehead atoms. The maximum Gasteiger partial charge on any atom is 0.391 e. The second-order valence-corrected chi connectivity index (χ2v) is 5.38.